The molecule has 7 heteroatoms. The van der Waals surface area contributed by atoms with Crippen molar-refractivity contribution in [3.8, 4) is 0 Å². The highest BCUT2D eigenvalue weighted by molar-refractivity contribution is 5.82. The van der Waals surface area contributed by atoms with Crippen LogP contribution in [0.1, 0.15) is 39.3 Å². The van der Waals surface area contributed by atoms with Crippen molar-refractivity contribution in [2.75, 3.05) is 39.3 Å². The first-order valence-corrected chi connectivity index (χ1v) is 9.67. The molecule has 2 fully saturated rings. The van der Waals surface area contributed by atoms with Gasteiger partial charge in [0, 0.05) is 50.7 Å². The SMILES string of the molecule is CC(C)(C)c1ccc(=O)n(CCN2CCN(C3CCCNC3=O)CC2)n1. The summed E-state index contributed by atoms with van der Waals surface area (Å²) in [5, 5.41) is 7.51. The monoisotopic (exact) mass is 361 g/mol. The van der Waals surface area contributed by atoms with Gasteiger partial charge in [-0.25, -0.2) is 4.68 Å². The summed E-state index contributed by atoms with van der Waals surface area (Å²) in [6, 6.07) is 3.48. The van der Waals surface area contributed by atoms with Gasteiger partial charge in [0.1, 0.15) is 0 Å². The molecule has 1 amide bonds. The highest BCUT2D eigenvalue weighted by atomic mass is 16.2. The number of piperazine rings is 1. The number of hydrogen-bond donors (Lipinski definition) is 1. The number of carbonyl (C=O) groups is 1. The van der Waals surface area contributed by atoms with Gasteiger partial charge in [-0.2, -0.15) is 5.10 Å². The van der Waals surface area contributed by atoms with Crippen molar-refractivity contribution in [1.82, 2.24) is 24.9 Å². The number of aromatic nitrogens is 2. The van der Waals surface area contributed by atoms with Crippen molar-refractivity contribution >= 4 is 5.91 Å². The number of nitrogens with zero attached hydrogens (tertiary/aromatic N) is 4. The number of hydrogen-bond acceptors (Lipinski definition) is 5. The van der Waals surface area contributed by atoms with E-state index in [9.17, 15) is 9.59 Å². The maximum absolute atomic E-state index is 12.1. The number of nitrogens with one attached hydrogen (secondary N) is 1. The van der Waals surface area contributed by atoms with Gasteiger partial charge in [-0.1, -0.05) is 20.8 Å². The molecule has 1 unspecified atom stereocenters. The third kappa shape index (κ3) is 4.51. The lowest BCUT2D eigenvalue weighted by Gasteiger charge is -2.39. The van der Waals surface area contributed by atoms with E-state index in [-0.39, 0.29) is 22.9 Å². The van der Waals surface area contributed by atoms with E-state index in [0.29, 0.717) is 6.54 Å². The van der Waals surface area contributed by atoms with Crippen LogP contribution in [0.5, 0.6) is 0 Å². The average Bonchev–Trinajstić information content (AvgIpc) is 2.61. The number of rotatable bonds is 4. The zero-order chi connectivity index (χ0) is 18.7. The highest BCUT2D eigenvalue weighted by Crippen LogP contribution is 2.18. The lowest BCUT2D eigenvalue weighted by molar-refractivity contribution is -0.129. The first-order valence-electron chi connectivity index (χ1n) is 9.67. The molecule has 0 bridgehead atoms. The van der Waals surface area contributed by atoms with Gasteiger partial charge in [-0.15, -0.1) is 0 Å². The van der Waals surface area contributed by atoms with Crippen LogP contribution in [0.3, 0.4) is 0 Å². The van der Waals surface area contributed by atoms with Crippen molar-refractivity contribution in [2.24, 2.45) is 0 Å². The summed E-state index contributed by atoms with van der Waals surface area (Å²) in [6.45, 7) is 12.2. The Balaban J connectivity index is 1.53. The second-order valence-electron chi connectivity index (χ2n) is 8.36. The lowest BCUT2D eigenvalue weighted by Crippen LogP contribution is -2.57. The second-order valence-corrected chi connectivity index (χ2v) is 8.36. The molecule has 1 atom stereocenters. The number of carbonyl (C=O) groups excluding carboxylic acids is 1. The largest absolute Gasteiger partial charge is 0.355 e. The Bertz CT molecular complexity index is 686. The van der Waals surface area contributed by atoms with Crippen molar-refractivity contribution in [1.29, 1.82) is 0 Å². The first-order chi connectivity index (χ1) is 12.3. The van der Waals surface area contributed by atoms with Crippen LogP contribution < -0.4 is 10.9 Å². The minimum atomic E-state index is -0.0678. The van der Waals surface area contributed by atoms with Crippen LogP contribution in [-0.4, -0.2) is 70.8 Å². The minimum Gasteiger partial charge on any atom is -0.355 e. The molecular formula is C19H31N5O2. The van der Waals surface area contributed by atoms with E-state index in [1.807, 2.05) is 6.07 Å². The Labute approximate surface area is 155 Å². The molecule has 144 valence electrons. The van der Waals surface area contributed by atoms with Gasteiger partial charge in [-0.05, 0) is 18.9 Å². The van der Waals surface area contributed by atoms with E-state index in [1.54, 1.807) is 10.7 Å². The first kappa shape index (κ1) is 19.0. The van der Waals surface area contributed by atoms with Crippen LogP contribution >= 0.6 is 0 Å². The molecule has 0 aromatic carbocycles. The zero-order valence-corrected chi connectivity index (χ0v) is 16.2. The van der Waals surface area contributed by atoms with Crippen molar-refractivity contribution in [3.63, 3.8) is 0 Å². The molecule has 2 aliphatic heterocycles. The van der Waals surface area contributed by atoms with Crippen LogP contribution in [0.15, 0.2) is 16.9 Å². The average molecular weight is 361 g/mol. The van der Waals surface area contributed by atoms with Gasteiger partial charge in [0.25, 0.3) is 5.56 Å². The molecule has 3 rings (SSSR count). The topological polar surface area (TPSA) is 70.5 Å². The van der Waals surface area contributed by atoms with Gasteiger partial charge >= 0.3 is 0 Å². The molecule has 3 heterocycles. The normalized spacial score (nSPS) is 23.0. The summed E-state index contributed by atoms with van der Waals surface area (Å²) in [5.74, 6) is 0.180. The van der Waals surface area contributed by atoms with Crippen LogP contribution in [0.4, 0.5) is 0 Å². The molecule has 0 spiro atoms. The quantitative estimate of drug-likeness (QED) is 0.843. The van der Waals surface area contributed by atoms with Crippen LogP contribution in [0.25, 0.3) is 0 Å². The second kappa shape index (κ2) is 7.88. The standard InChI is InChI=1S/C19H31N5O2/c1-19(2,3)16-6-7-17(25)24(21-16)14-11-22-9-12-23(13-10-22)15-5-4-8-20-18(15)26/h6-7,15H,4-5,8-14H2,1-3H3,(H,20,26). The molecular weight excluding hydrogens is 330 g/mol. The Morgan fingerprint density at radius 3 is 2.50 bits per heavy atom. The summed E-state index contributed by atoms with van der Waals surface area (Å²) in [4.78, 5) is 28.8. The van der Waals surface area contributed by atoms with Gasteiger partial charge in [0.15, 0.2) is 0 Å². The lowest BCUT2D eigenvalue weighted by atomic mass is 9.92. The van der Waals surface area contributed by atoms with Gasteiger partial charge in [0.05, 0.1) is 18.3 Å². The molecule has 1 N–H and O–H groups in total. The third-order valence-corrected chi connectivity index (χ3v) is 5.37. The molecule has 7 nitrogen and oxygen atoms in total. The Morgan fingerprint density at radius 1 is 1.12 bits per heavy atom. The Kier molecular flexibility index (Phi) is 5.77. The summed E-state index contributed by atoms with van der Waals surface area (Å²) >= 11 is 0. The fraction of sp³-hybridized carbons (Fsp3) is 0.737. The minimum absolute atomic E-state index is 0.0404. The predicted octanol–water partition coefficient (Wildman–Crippen LogP) is 0.437. The van der Waals surface area contributed by atoms with Gasteiger partial charge in [0.2, 0.25) is 5.91 Å². The maximum Gasteiger partial charge on any atom is 0.266 e. The fourth-order valence-electron chi connectivity index (χ4n) is 3.65. The highest BCUT2D eigenvalue weighted by Gasteiger charge is 2.30. The summed E-state index contributed by atoms with van der Waals surface area (Å²) in [5.41, 5.74) is 0.822. The molecule has 2 aliphatic rings. The smallest absolute Gasteiger partial charge is 0.266 e. The summed E-state index contributed by atoms with van der Waals surface area (Å²) < 4.78 is 1.58. The zero-order valence-electron chi connectivity index (χ0n) is 16.2. The summed E-state index contributed by atoms with van der Waals surface area (Å²) in [7, 11) is 0. The van der Waals surface area contributed by atoms with Gasteiger partial charge < -0.3 is 5.32 Å². The molecule has 1 aromatic rings. The maximum atomic E-state index is 12.1. The van der Waals surface area contributed by atoms with Crippen molar-refractivity contribution < 1.29 is 4.79 Å². The molecule has 26 heavy (non-hydrogen) atoms. The number of piperidine rings is 1. The van der Waals surface area contributed by atoms with Gasteiger partial charge in [-0.3, -0.25) is 19.4 Å². The third-order valence-electron chi connectivity index (χ3n) is 5.37. The van der Waals surface area contributed by atoms with E-state index in [0.717, 1.165) is 57.8 Å². The Morgan fingerprint density at radius 2 is 1.85 bits per heavy atom. The number of amides is 1. The fourth-order valence-corrected chi connectivity index (χ4v) is 3.65. The molecule has 1 aromatic heterocycles. The Hall–Kier alpha value is -1.73. The molecule has 0 aliphatic carbocycles. The van der Waals surface area contributed by atoms with Crippen LogP contribution in [-0.2, 0) is 16.8 Å². The van der Waals surface area contributed by atoms with Crippen LogP contribution in [0.2, 0.25) is 0 Å². The summed E-state index contributed by atoms with van der Waals surface area (Å²) in [6.07, 6.45) is 2.03. The van der Waals surface area contributed by atoms with Crippen molar-refractivity contribution in [3.05, 3.63) is 28.2 Å². The van der Waals surface area contributed by atoms with E-state index in [1.165, 1.54) is 0 Å². The van der Waals surface area contributed by atoms with E-state index >= 15 is 0 Å². The van der Waals surface area contributed by atoms with E-state index in [4.69, 9.17) is 0 Å². The molecule has 0 radical (unpaired) electrons. The van der Waals surface area contributed by atoms with E-state index < -0.39 is 0 Å². The molecule has 2 saturated heterocycles. The van der Waals surface area contributed by atoms with Crippen molar-refractivity contribution in [2.45, 2.75) is 51.6 Å². The van der Waals surface area contributed by atoms with Crippen LogP contribution in [0, 0.1) is 0 Å². The predicted molar refractivity (Wildman–Crippen MR) is 101 cm³/mol. The molecule has 0 saturated carbocycles. The van der Waals surface area contributed by atoms with E-state index in [2.05, 4.69) is 41.0 Å².